The molecule has 6 nitrogen and oxygen atoms in total. The second kappa shape index (κ2) is 7.95. The first-order chi connectivity index (χ1) is 10.2. The van der Waals surface area contributed by atoms with Crippen molar-refractivity contribution in [2.24, 2.45) is 5.92 Å². The van der Waals surface area contributed by atoms with Crippen LogP contribution in [-0.2, 0) is 4.79 Å². The summed E-state index contributed by atoms with van der Waals surface area (Å²) in [5, 5.41) is 5.59. The smallest absolute Gasteiger partial charge is 0.274 e. The van der Waals surface area contributed by atoms with Crippen LogP contribution < -0.4 is 10.6 Å². The molecular formula is C15H24N4O2. The first-order valence-corrected chi connectivity index (χ1v) is 7.53. The summed E-state index contributed by atoms with van der Waals surface area (Å²) in [4.78, 5) is 28.5. The molecule has 1 fully saturated rings. The third-order valence-electron chi connectivity index (χ3n) is 3.97. The molecular weight excluding hydrogens is 268 g/mol. The molecule has 0 unspecified atom stereocenters. The molecule has 0 aromatic carbocycles. The molecule has 2 heterocycles. The number of aromatic nitrogens is 1. The largest absolute Gasteiger partial charge is 0.357 e. The van der Waals surface area contributed by atoms with Gasteiger partial charge in [-0.25, -0.2) is 0 Å². The number of H-pyrrole nitrogens is 1. The molecule has 6 heteroatoms. The maximum atomic E-state index is 11.9. The van der Waals surface area contributed by atoms with E-state index in [1.807, 2.05) is 7.05 Å². The van der Waals surface area contributed by atoms with Crippen LogP contribution in [0.4, 0.5) is 0 Å². The van der Waals surface area contributed by atoms with Gasteiger partial charge in [-0.05, 0) is 64.0 Å². The van der Waals surface area contributed by atoms with Crippen LogP contribution in [0.1, 0.15) is 29.8 Å². The first-order valence-electron chi connectivity index (χ1n) is 7.53. The Morgan fingerprint density at radius 1 is 1.38 bits per heavy atom. The zero-order valence-electron chi connectivity index (χ0n) is 12.5. The Balaban J connectivity index is 1.68. The lowest BCUT2D eigenvalue weighted by Gasteiger charge is -2.31. The summed E-state index contributed by atoms with van der Waals surface area (Å²) in [5.74, 6) is 0.148. The van der Waals surface area contributed by atoms with Gasteiger partial charge in [0.25, 0.3) is 5.91 Å². The highest BCUT2D eigenvalue weighted by atomic mass is 16.2. The summed E-state index contributed by atoms with van der Waals surface area (Å²) < 4.78 is 0. The summed E-state index contributed by atoms with van der Waals surface area (Å²) in [6.45, 7) is 3.21. The van der Waals surface area contributed by atoms with Gasteiger partial charge in [0.2, 0.25) is 5.91 Å². The average Bonchev–Trinajstić information content (AvgIpc) is 3.01. The summed E-state index contributed by atoms with van der Waals surface area (Å²) in [7, 11) is 1.97. The molecule has 2 rings (SSSR count). The van der Waals surface area contributed by atoms with Crippen molar-refractivity contribution in [3.05, 3.63) is 24.0 Å². The second-order valence-electron chi connectivity index (χ2n) is 5.57. The molecule has 0 saturated carbocycles. The zero-order chi connectivity index (χ0) is 15.1. The van der Waals surface area contributed by atoms with E-state index < -0.39 is 0 Å². The molecule has 0 bridgehead atoms. The Hall–Kier alpha value is -1.66. The van der Waals surface area contributed by atoms with Crippen molar-refractivity contribution < 1.29 is 9.59 Å². The fourth-order valence-corrected chi connectivity index (χ4v) is 2.69. The van der Waals surface area contributed by atoms with Crippen LogP contribution in [-0.4, -0.2) is 54.9 Å². The number of rotatable bonds is 6. The van der Waals surface area contributed by atoms with Crippen molar-refractivity contribution in [2.45, 2.75) is 19.3 Å². The molecule has 0 spiro atoms. The number of hydrogen-bond donors (Lipinski definition) is 3. The first kappa shape index (κ1) is 15.7. The third kappa shape index (κ3) is 4.99. The predicted molar refractivity (Wildman–Crippen MR) is 81.0 cm³/mol. The van der Waals surface area contributed by atoms with E-state index in [0.717, 1.165) is 38.4 Å². The van der Waals surface area contributed by atoms with E-state index in [1.165, 1.54) is 6.42 Å². The Kier molecular flexibility index (Phi) is 5.95. The molecule has 1 aromatic rings. The summed E-state index contributed by atoms with van der Waals surface area (Å²) in [6.07, 6.45) is 5.11. The molecule has 116 valence electrons. The van der Waals surface area contributed by atoms with Gasteiger partial charge in [-0.1, -0.05) is 0 Å². The highest BCUT2D eigenvalue weighted by Crippen LogP contribution is 2.19. The number of nitrogens with zero attached hydrogens (tertiary/aromatic N) is 1. The monoisotopic (exact) mass is 292 g/mol. The van der Waals surface area contributed by atoms with Gasteiger partial charge in [0.1, 0.15) is 5.69 Å². The minimum Gasteiger partial charge on any atom is -0.357 e. The highest BCUT2D eigenvalue weighted by Gasteiger charge is 2.21. The Morgan fingerprint density at radius 2 is 2.14 bits per heavy atom. The number of carbonyl (C=O) groups is 2. The normalized spacial score (nSPS) is 16.8. The van der Waals surface area contributed by atoms with E-state index in [2.05, 4.69) is 20.5 Å². The number of aromatic amines is 1. The van der Waals surface area contributed by atoms with Crippen LogP contribution in [0, 0.1) is 5.92 Å². The lowest BCUT2D eigenvalue weighted by Crippen LogP contribution is -2.43. The fourth-order valence-electron chi connectivity index (χ4n) is 2.69. The lowest BCUT2D eigenvalue weighted by atomic mass is 9.93. The van der Waals surface area contributed by atoms with Gasteiger partial charge in [-0.2, -0.15) is 0 Å². The van der Waals surface area contributed by atoms with Crippen LogP contribution in [0.5, 0.6) is 0 Å². The average molecular weight is 292 g/mol. The van der Waals surface area contributed by atoms with Crippen LogP contribution in [0.25, 0.3) is 0 Å². The van der Waals surface area contributed by atoms with Gasteiger partial charge in [0, 0.05) is 6.20 Å². The predicted octanol–water partition coefficient (Wildman–Crippen LogP) is 0.593. The number of carbonyl (C=O) groups excluding carboxylic acids is 2. The van der Waals surface area contributed by atoms with Crippen molar-refractivity contribution in [3.8, 4) is 0 Å². The molecule has 1 aromatic heterocycles. The summed E-state index contributed by atoms with van der Waals surface area (Å²) in [6, 6.07) is 3.38. The molecule has 3 N–H and O–H groups in total. The topological polar surface area (TPSA) is 77.2 Å². The van der Waals surface area contributed by atoms with Crippen LogP contribution in [0.2, 0.25) is 0 Å². The Morgan fingerprint density at radius 3 is 2.76 bits per heavy atom. The van der Waals surface area contributed by atoms with E-state index in [-0.39, 0.29) is 11.8 Å². The van der Waals surface area contributed by atoms with Crippen molar-refractivity contribution in [2.75, 3.05) is 33.2 Å². The molecule has 0 aliphatic carbocycles. The minimum absolute atomic E-state index is 0.233. The highest BCUT2D eigenvalue weighted by molar-refractivity contribution is 6.04. The van der Waals surface area contributed by atoms with Gasteiger partial charge < -0.3 is 10.3 Å². The summed E-state index contributed by atoms with van der Waals surface area (Å²) in [5.41, 5.74) is 0.411. The van der Waals surface area contributed by atoms with Crippen molar-refractivity contribution in [1.82, 2.24) is 20.5 Å². The van der Waals surface area contributed by atoms with E-state index in [1.54, 1.807) is 18.3 Å². The van der Waals surface area contributed by atoms with E-state index >= 15 is 0 Å². The van der Waals surface area contributed by atoms with Gasteiger partial charge in [0.05, 0.1) is 6.54 Å². The molecule has 0 atom stereocenters. The Labute approximate surface area is 125 Å². The maximum Gasteiger partial charge on any atom is 0.274 e. The lowest BCUT2D eigenvalue weighted by molar-refractivity contribution is -0.121. The van der Waals surface area contributed by atoms with Crippen LogP contribution in [0.15, 0.2) is 18.3 Å². The minimum atomic E-state index is -0.367. The van der Waals surface area contributed by atoms with Gasteiger partial charge >= 0.3 is 0 Å². The Bertz CT molecular complexity index is 450. The van der Waals surface area contributed by atoms with Crippen molar-refractivity contribution in [1.29, 1.82) is 0 Å². The second-order valence-corrected chi connectivity index (χ2v) is 5.57. The van der Waals surface area contributed by atoms with Gasteiger partial charge in [-0.3, -0.25) is 19.8 Å². The molecule has 0 radical (unpaired) electrons. The van der Waals surface area contributed by atoms with Gasteiger partial charge in [-0.15, -0.1) is 0 Å². The number of likely N-dealkylation sites (tertiary alicyclic amines) is 1. The maximum absolute atomic E-state index is 11.9. The number of piperidine rings is 1. The number of imide groups is 1. The van der Waals surface area contributed by atoms with Gasteiger partial charge in [0.15, 0.2) is 0 Å². The molecule has 1 saturated heterocycles. The van der Waals surface area contributed by atoms with Crippen molar-refractivity contribution >= 4 is 11.8 Å². The molecule has 1 aliphatic heterocycles. The molecule has 1 aliphatic rings. The fraction of sp³-hybridized carbons (Fsp3) is 0.600. The quantitative estimate of drug-likeness (QED) is 0.717. The zero-order valence-corrected chi connectivity index (χ0v) is 12.5. The SMILES string of the molecule is CNCCC1CCN(CC(=O)NC(=O)c2ccc[nH]2)CC1. The number of hydrogen-bond acceptors (Lipinski definition) is 4. The van der Waals surface area contributed by atoms with Crippen LogP contribution in [0.3, 0.4) is 0 Å². The van der Waals surface area contributed by atoms with E-state index in [0.29, 0.717) is 12.2 Å². The number of nitrogens with one attached hydrogen (secondary N) is 3. The van der Waals surface area contributed by atoms with E-state index in [4.69, 9.17) is 0 Å². The third-order valence-corrected chi connectivity index (χ3v) is 3.97. The molecule has 2 amide bonds. The summed E-state index contributed by atoms with van der Waals surface area (Å²) >= 11 is 0. The van der Waals surface area contributed by atoms with E-state index in [9.17, 15) is 9.59 Å². The molecule has 21 heavy (non-hydrogen) atoms. The standard InChI is InChI=1S/C15H24N4O2/c1-16-8-4-12-5-9-19(10-6-12)11-14(20)18-15(21)13-3-2-7-17-13/h2-3,7,12,16-17H,4-6,8-11H2,1H3,(H,18,20,21). The van der Waals surface area contributed by atoms with Crippen molar-refractivity contribution in [3.63, 3.8) is 0 Å². The van der Waals surface area contributed by atoms with Crippen LogP contribution >= 0.6 is 0 Å². The number of amides is 2.